The highest BCUT2D eigenvalue weighted by Gasteiger charge is 2.25. The lowest BCUT2D eigenvalue weighted by Gasteiger charge is -2.36. The molecule has 6 heteroatoms. The number of ether oxygens (including phenoxy) is 1. The predicted octanol–water partition coefficient (Wildman–Crippen LogP) is 4.06. The lowest BCUT2D eigenvalue weighted by Crippen LogP contribution is -2.45. The minimum Gasteiger partial charge on any atom is -0.494 e. The molecule has 134 valence electrons. The Kier molecular flexibility index (Phi) is 10.8. The summed E-state index contributed by atoms with van der Waals surface area (Å²) in [6.45, 7) is 8.33. The molecule has 0 radical (unpaired) electrons. The van der Waals surface area contributed by atoms with Crippen molar-refractivity contribution < 1.29 is 9.13 Å². The Morgan fingerprint density at radius 1 is 1.17 bits per heavy atom. The minimum atomic E-state index is -0.202. The van der Waals surface area contributed by atoms with Crippen LogP contribution in [0.4, 0.5) is 4.39 Å². The van der Waals surface area contributed by atoms with E-state index in [1.54, 1.807) is 6.07 Å². The second-order valence-electron chi connectivity index (χ2n) is 6.14. The van der Waals surface area contributed by atoms with E-state index >= 15 is 0 Å². The van der Waals surface area contributed by atoms with Gasteiger partial charge in [-0.25, -0.2) is 4.39 Å². The largest absolute Gasteiger partial charge is 0.494 e. The quantitative estimate of drug-likeness (QED) is 0.821. The Morgan fingerprint density at radius 3 is 2.39 bits per heavy atom. The number of methoxy groups -OCH3 is 1. The molecule has 1 heterocycles. The van der Waals surface area contributed by atoms with Gasteiger partial charge in [0.15, 0.2) is 11.6 Å². The lowest BCUT2D eigenvalue weighted by atomic mass is 9.95. The van der Waals surface area contributed by atoms with Crippen molar-refractivity contribution in [3.05, 3.63) is 29.6 Å². The van der Waals surface area contributed by atoms with E-state index in [2.05, 4.69) is 24.1 Å². The van der Waals surface area contributed by atoms with E-state index in [0.29, 0.717) is 11.7 Å². The normalized spacial score (nSPS) is 16.4. The lowest BCUT2D eigenvalue weighted by molar-refractivity contribution is 0.156. The molecule has 1 aromatic rings. The van der Waals surface area contributed by atoms with E-state index in [9.17, 15) is 4.39 Å². The van der Waals surface area contributed by atoms with Crippen LogP contribution in [0.15, 0.2) is 18.2 Å². The van der Waals surface area contributed by atoms with E-state index in [1.165, 1.54) is 7.11 Å². The maximum Gasteiger partial charge on any atom is 0.169 e. The van der Waals surface area contributed by atoms with Crippen LogP contribution in [0, 0.1) is 11.7 Å². The summed E-state index contributed by atoms with van der Waals surface area (Å²) < 4.78 is 19.8. The molecule has 1 N–H and O–H groups in total. The molecule has 0 saturated carbocycles. The Labute approximate surface area is 151 Å². The van der Waals surface area contributed by atoms with Crippen molar-refractivity contribution in [2.45, 2.75) is 32.7 Å². The van der Waals surface area contributed by atoms with Gasteiger partial charge in [-0.15, -0.1) is 24.8 Å². The zero-order chi connectivity index (χ0) is 15.2. The summed E-state index contributed by atoms with van der Waals surface area (Å²) in [4.78, 5) is 2.40. The number of halogens is 3. The number of benzene rings is 1. The van der Waals surface area contributed by atoms with Crippen LogP contribution in [0.3, 0.4) is 0 Å². The fourth-order valence-electron chi connectivity index (χ4n) is 2.96. The summed E-state index contributed by atoms with van der Waals surface area (Å²) in [6, 6.07) is 5.63. The number of hydrogen-bond acceptors (Lipinski definition) is 3. The second kappa shape index (κ2) is 11.1. The monoisotopic (exact) mass is 366 g/mol. The molecule has 3 nitrogen and oxygen atoms in total. The van der Waals surface area contributed by atoms with Gasteiger partial charge < -0.3 is 10.1 Å². The van der Waals surface area contributed by atoms with Crippen molar-refractivity contribution >= 4 is 24.8 Å². The first-order valence-corrected chi connectivity index (χ1v) is 7.90. The van der Waals surface area contributed by atoms with Crippen LogP contribution in [-0.2, 0) is 0 Å². The summed E-state index contributed by atoms with van der Waals surface area (Å²) in [5, 5.41) is 3.36. The van der Waals surface area contributed by atoms with Gasteiger partial charge in [-0.1, -0.05) is 26.0 Å². The molecule has 0 aliphatic carbocycles. The van der Waals surface area contributed by atoms with Crippen LogP contribution in [-0.4, -0.2) is 38.2 Å². The van der Waals surface area contributed by atoms with Gasteiger partial charge in [-0.3, -0.25) is 4.90 Å². The molecule has 1 atom stereocenters. The van der Waals surface area contributed by atoms with Crippen molar-refractivity contribution in [3.8, 4) is 5.75 Å². The first-order chi connectivity index (χ1) is 10.1. The third-order valence-corrected chi connectivity index (χ3v) is 4.18. The highest BCUT2D eigenvalue weighted by Crippen LogP contribution is 2.32. The Balaban J connectivity index is 0.00000242. The predicted molar refractivity (Wildman–Crippen MR) is 98.7 cm³/mol. The van der Waals surface area contributed by atoms with Crippen LogP contribution >= 0.6 is 24.8 Å². The molecule has 1 aliphatic heterocycles. The number of rotatable bonds is 6. The Morgan fingerprint density at radius 2 is 1.83 bits per heavy atom. The number of hydrogen-bond donors (Lipinski definition) is 1. The molecule has 1 aliphatic rings. The van der Waals surface area contributed by atoms with Crippen LogP contribution < -0.4 is 10.1 Å². The van der Waals surface area contributed by atoms with E-state index in [4.69, 9.17) is 4.74 Å². The number of nitrogens with zero attached hydrogens (tertiary/aromatic N) is 1. The molecule has 0 unspecified atom stereocenters. The molecule has 23 heavy (non-hydrogen) atoms. The van der Waals surface area contributed by atoms with Gasteiger partial charge in [0.2, 0.25) is 0 Å². The molecule has 2 rings (SSSR count). The van der Waals surface area contributed by atoms with Gasteiger partial charge >= 0.3 is 0 Å². The van der Waals surface area contributed by atoms with Gasteiger partial charge in [0.25, 0.3) is 0 Å². The van der Waals surface area contributed by atoms with Crippen LogP contribution in [0.1, 0.15) is 38.3 Å². The summed E-state index contributed by atoms with van der Waals surface area (Å²) in [7, 11) is 1.52. The molecule has 1 aromatic carbocycles. The maximum absolute atomic E-state index is 14.6. The van der Waals surface area contributed by atoms with Crippen molar-refractivity contribution in [1.29, 1.82) is 0 Å². The summed E-state index contributed by atoms with van der Waals surface area (Å²) in [5.41, 5.74) is 0.775. The highest BCUT2D eigenvalue weighted by molar-refractivity contribution is 5.85. The molecule has 0 aromatic heterocycles. The molecular weight excluding hydrogens is 338 g/mol. The molecule has 0 bridgehead atoms. The first-order valence-electron chi connectivity index (χ1n) is 7.90. The standard InChI is InChI=1S/C17H27FN2O.2ClH/c1-13(2)7-8-15(20-11-9-19-10-12-20)14-5-4-6-16(21-3)17(14)18;;/h4-6,13,15,19H,7-12H2,1-3H3;2*1H/t15-;;/m1../s1. The number of piperazine rings is 1. The third kappa shape index (κ3) is 6.11. The van der Waals surface area contributed by atoms with Crippen LogP contribution in [0.25, 0.3) is 0 Å². The van der Waals surface area contributed by atoms with Gasteiger partial charge in [-0.2, -0.15) is 0 Å². The maximum atomic E-state index is 14.6. The van der Waals surface area contributed by atoms with Crippen molar-refractivity contribution in [2.75, 3.05) is 33.3 Å². The van der Waals surface area contributed by atoms with Crippen molar-refractivity contribution in [2.24, 2.45) is 5.92 Å². The van der Waals surface area contributed by atoms with E-state index in [-0.39, 0.29) is 36.7 Å². The zero-order valence-electron chi connectivity index (χ0n) is 14.2. The van der Waals surface area contributed by atoms with Gasteiger partial charge in [0, 0.05) is 37.8 Å². The fourth-order valence-corrected chi connectivity index (χ4v) is 2.96. The Bertz CT molecular complexity index is 454. The summed E-state index contributed by atoms with van der Waals surface area (Å²) in [6.07, 6.45) is 2.09. The van der Waals surface area contributed by atoms with Crippen molar-refractivity contribution in [3.63, 3.8) is 0 Å². The summed E-state index contributed by atoms with van der Waals surface area (Å²) in [5.74, 6) is 0.772. The molecule has 0 amide bonds. The van der Waals surface area contributed by atoms with Crippen molar-refractivity contribution in [1.82, 2.24) is 10.2 Å². The number of nitrogens with one attached hydrogen (secondary N) is 1. The molecule has 1 fully saturated rings. The fraction of sp³-hybridized carbons (Fsp3) is 0.647. The average Bonchev–Trinajstić information content (AvgIpc) is 2.50. The molecule has 0 spiro atoms. The first kappa shape index (κ1) is 22.4. The third-order valence-electron chi connectivity index (χ3n) is 4.18. The molecular formula is C17H29Cl2FN2O. The second-order valence-corrected chi connectivity index (χ2v) is 6.14. The smallest absolute Gasteiger partial charge is 0.169 e. The summed E-state index contributed by atoms with van der Waals surface area (Å²) >= 11 is 0. The van der Waals surface area contributed by atoms with E-state index in [0.717, 1.165) is 44.6 Å². The van der Waals surface area contributed by atoms with E-state index < -0.39 is 0 Å². The van der Waals surface area contributed by atoms with Gasteiger partial charge in [-0.05, 0) is 24.8 Å². The topological polar surface area (TPSA) is 24.5 Å². The highest BCUT2D eigenvalue weighted by atomic mass is 35.5. The van der Waals surface area contributed by atoms with Gasteiger partial charge in [0.1, 0.15) is 0 Å². The Hall–Kier alpha value is -0.550. The zero-order valence-corrected chi connectivity index (χ0v) is 15.8. The molecule has 1 saturated heterocycles. The van der Waals surface area contributed by atoms with E-state index in [1.807, 2.05) is 12.1 Å². The van der Waals surface area contributed by atoms with Crippen LogP contribution in [0.2, 0.25) is 0 Å². The minimum absolute atomic E-state index is 0. The van der Waals surface area contributed by atoms with Gasteiger partial charge in [0.05, 0.1) is 7.11 Å². The SMILES string of the molecule is COc1cccc([C@@H](CCC(C)C)N2CCNCC2)c1F.Cl.Cl. The van der Waals surface area contributed by atoms with Crippen LogP contribution in [0.5, 0.6) is 5.75 Å². The average molecular weight is 367 g/mol.